The zero-order valence-corrected chi connectivity index (χ0v) is 12.3. The van der Waals surface area contributed by atoms with Gasteiger partial charge in [-0.05, 0) is 30.0 Å². The highest BCUT2D eigenvalue weighted by Gasteiger charge is 2.12. The van der Waals surface area contributed by atoms with Gasteiger partial charge in [-0.2, -0.15) is 0 Å². The second-order valence-electron chi connectivity index (χ2n) is 4.99. The van der Waals surface area contributed by atoms with E-state index < -0.39 is 0 Å². The molecule has 20 heavy (non-hydrogen) atoms. The molecule has 0 radical (unpaired) electrons. The fourth-order valence-electron chi connectivity index (χ4n) is 1.93. The van der Waals surface area contributed by atoms with E-state index in [1.54, 1.807) is 12.3 Å². The molecule has 0 spiro atoms. The molecule has 1 aromatic heterocycles. The zero-order chi connectivity index (χ0) is 14.7. The van der Waals surface area contributed by atoms with Gasteiger partial charge in [-0.1, -0.05) is 13.8 Å². The normalized spacial score (nSPS) is 12.1. The van der Waals surface area contributed by atoms with Crippen molar-refractivity contribution in [1.29, 1.82) is 0 Å². The summed E-state index contributed by atoms with van der Waals surface area (Å²) in [4.78, 5) is 8.27. The molecule has 0 saturated carbocycles. The summed E-state index contributed by atoms with van der Waals surface area (Å²) in [5.74, 6) is 0.775. The maximum atomic E-state index is 9.92. The van der Waals surface area contributed by atoms with Crippen LogP contribution in [0.5, 0.6) is 5.75 Å². The first-order chi connectivity index (χ1) is 9.47. The van der Waals surface area contributed by atoms with Crippen LogP contribution < -0.4 is 11.5 Å². The first-order valence-corrected chi connectivity index (χ1v) is 7.20. The molecule has 0 saturated heterocycles. The quantitative estimate of drug-likeness (QED) is 0.349. The second-order valence-corrected chi connectivity index (χ2v) is 5.86. The Bertz CT molecular complexity index is 620. The van der Waals surface area contributed by atoms with E-state index in [-0.39, 0.29) is 17.3 Å². The minimum absolute atomic E-state index is 0.0374. The van der Waals surface area contributed by atoms with E-state index in [0.29, 0.717) is 16.6 Å². The third-order valence-electron chi connectivity index (χ3n) is 2.77. The van der Waals surface area contributed by atoms with E-state index >= 15 is 0 Å². The topological polar surface area (TPSA) is 97.5 Å². The third-order valence-corrected chi connectivity index (χ3v) is 3.44. The highest BCUT2D eigenvalue weighted by atomic mass is 32.1. The van der Waals surface area contributed by atoms with E-state index in [4.69, 9.17) is 11.5 Å². The summed E-state index contributed by atoms with van der Waals surface area (Å²) in [6, 6.07) is 3.55. The van der Waals surface area contributed by atoms with Gasteiger partial charge in [0, 0.05) is 17.1 Å². The Balaban J connectivity index is 2.42. The number of phenols is 1. The molecule has 5 N–H and O–H groups in total. The second kappa shape index (κ2) is 5.92. The van der Waals surface area contributed by atoms with Crippen molar-refractivity contribution in [2.45, 2.75) is 20.3 Å². The van der Waals surface area contributed by atoms with Crippen LogP contribution in [-0.4, -0.2) is 15.9 Å². The molecule has 1 heterocycles. The van der Waals surface area contributed by atoms with Gasteiger partial charge >= 0.3 is 0 Å². The SMILES string of the molecule is CC(C)Cc1cc(O)c(N)c(/C(N)=N/c2nccs2)c1. The number of amidine groups is 1. The molecule has 0 atom stereocenters. The largest absolute Gasteiger partial charge is 0.506 e. The number of aromatic nitrogens is 1. The highest BCUT2D eigenvalue weighted by molar-refractivity contribution is 7.13. The lowest BCUT2D eigenvalue weighted by molar-refractivity contribution is 0.476. The van der Waals surface area contributed by atoms with Crippen LogP contribution in [0.25, 0.3) is 0 Å². The molecule has 0 aliphatic carbocycles. The first kappa shape index (κ1) is 14.3. The number of aromatic hydroxyl groups is 1. The fourth-order valence-corrected chi connectivity index (χ4v) is 2.45. The van der Waals surface area contributed by atoms with Crippen molar-refractivity contribution in [2.75, 3.05) is 5.73 Å². The lowest BCUT2D eigenvalue weighted by Gasteiger charge is -2.11. The molecule has 6 heteroatoms. The van der Waals surface area contributed by atoms with Crippen LogP contribution in [0.3, 0.4) is 0 Å². The summed E-state index contributed by atoms with van der Waals surface area (Å²) in [6.45, 7) is 4.22. The van der Waals surface area contributed by atoms with Crippen molar-refractivity contribution in [3.8, 4) is 5.75 Å². The van der Waals surface area contributed by atoms with Gasteiger partial charge < -0.3 is 16.6 Å². The molecule has 0 unspecified atom stereocenters. The predicted molar refractivity (Wildman–Crippen MR) is 83.6 cm³/mol. The summed E-state index contributed by atoms with van der Waals surface area (Å²) in [5.41, 5.74) is 13.6. The van der Waals surface area contributed by atoms with Crippen LogP contribution in [0.1, 0.15) is 25.0 Å². The Morgan fingerprint density at radius 2 is 2.20 bits per heavy atom. The van der Waals surface area contributed by atoms with Crippen molar-refractivity contribution < 1.29 is 5.11 Å². The van der Waals surface area contributed by atoms with Crippen LogP contribution in [0.4, 0.5) is 10.8 Å². The zero-order valence-electron chi connectivity index (χ0n) is 11.5. The molecular formula is C14H18N4OS. The van der Waals surface area contributed by atoms with E-state index in [9.17, 15) is 5.11 Å². The number of anilines is 1. The summed E-state index contributed by atoms with van der Waals surface area (Å²) in [5, 5.41) is 12.3. The number of thiazole rings is 1. The van der Waals surface area contributed by atoms with Crippen molar-refractivity contribution in [3.05, 3.63) is 34.8 Å². The van der Waals surface area contributed by atoms with E-state index in [1.807, 2.05) is 11.4 Å². The highest BCUT2D eigenvalue weighted by Crippen LogP contribution is 2.28. The number of benzene rings is 1. The summed E-state index contributed by atoms with van der Waals surface area (Å²) in [7, 11) is 0. The van der Waals surface area contributed by atoms with Crippen molar-refractivity contribution in [2.24, 2.45) is 16.6 Å². The van der Waals surface area contributed by atoms with Gasteiger partial charge in [-0.15, -0.1) is 11.3 Å². The molecule has 5 nitrogen and oxygen atoms in total. The standard InChI is InChI=1S/C14H18N4OS/c1-8(2)5-9-6-10(12(15)11(19)7-9)13(16)18-14-17-3-4-20-14/h3-4,6-8,19H,5,15H2,1-2H3,(H2,16,17,18). The Kier molecular flexibility index (Phi) is 4.24. The van der Waals surface area contributed by atoms with Gasteiger partial charge in [-0.25, -0.2) is 9.98 Å². The summed E-state index contributed by atoms with van der Waals surface area (Å²) in [6.07, 6.45) is 2.50. The number of hydrogen-bond donors (Lipinski definition) is 3. The third kappa shape index (κ3) is 3.27. The minimum Gasteiger partial charge on any atom is -0.506 e. The fraction of sp³-hybridized carbons (Fsp3) is 0.286. The van der Waals surface area contributed by atoms with E-state index in [0.717, 1.165) is 12.0 Å². The number of phenolic OH excluding ortho intramolecular Hbond substituents is 1. The molecule has 2 aromatic rings. The van der Waals surface area contributed by atoms with Crippen molar-refractivity contribution >= 4 is 28.0 Å². The Morgan fingerprint density at radius 3 is 2.80 bits per heavy atom. The molecule has 0 amide bonds. The Morgan fingerprint density at radius 1 is 1.45 bits per heavy atom. The maximum Gasteiger partial charge on any atom is 0.211 e. The van der Waals surface area contributed by atoms with Gasteiger partial charge in [0.05, 0.1) is 5.69 Å². The molecule has 0 aliphatic rings. The van der Waals surface area contributed by atoms with E-state index in [2.05, 4.69) is 23.8 Å². The number of hydrogen-bond acceptors (Lipinski definition) is 5. The Hall–Kier alpha value is -2.08. The van der Waals surface area contributed by atoms with Crippen LogP contribution >= 0.6 is 11.3 Å². The molecule has 106 valence electrons. The van der Waals surface area contributed by atoms with Gasteiger partial charge in [0.25, 0.3) is 0 Å². The average Bonchev–Trinajstić information content (AvgIpc) is 2.85. The summed E-state index contributed by atoms with van der Waals surface area (Å²) < 4.78 is 0. The number of rotatable bonds is 4. The molecule has 1 aromatic carbocycles. The van der Waals surface area contributed by atoms with Gasteiger partial charge in [-0.3, -0.25) is 0 Å². The molecule has 0 fully saturated rings. The van der Waals surface area contributed by atoms with Crippen molar-refractivity contribution in [3.63, 3.8) is 0 Å². The molecule has 2 rings (SSSR count). The monoisotopic (exact) mass is 290 g/mol. The van der Waals surface area contributed by atoms with E-state index in [1.165, 1.54) is 11.3 Å². The number of nitrogens with zero attached hydrogens (tertiary/aromatic N) is 2. The van der Waals surface area contributed by atoms with Gasteiger partial charge in [0.2, 0.25) is 5.13 Å². The lowest BCUT2D eigenvalue weighted by atomic mass is 9.99. The van der Waals surface area contributed by atoms with Gasteiger partial charge in [0.1, 0.15) is 11.6 Å². The molecule has 0 bridgehead atoms. The maximum absolute atomic E-state index is 9.92. The minimum atomic E-state index is 0.0374. The number of aliphatic imine (C=N–C) groups is 1. The Labute approximate surface area is 122 Å². The van der Waals surface area contributed by atoms with Gasteiger partial charge in [0.15, 0.2) is 0 Å². The van der Waals surface area contributed by atoms with Crippen LogP contribution in [0.2, 0.25) is 0 Å². The smallest absolute Gasteiger partial charge is 0.211 e. The number of nitrogen functional groups attached to an aromatic ring is 1. The predicted octanol–water partition coefficient (Wildman–Crippen LogP) is 2.67. The number of nitrogens with two attached hydrogens (primary N) is 2. The van der Waals surface area contributed by atoms with Crippen molar-refractivity contribution in [1.82, 2.24) is 4.98 Å². The van der Waals surface area contributed by atoms with Crippen LogP contribution in [-0.2, 0) is 6.42 Å². The van der Waals surface area contributed by atoms with Crippen LogP contribution in [0, 0.1) is 5.92 Å². The first-order valence-electron chi connectivity index (χ1n) is 6.32. The molecule has 0 aliphatic heterocycles. The average molecular weight is 290 g/mol. The molecular weight excluding hydrogens is 272 g/mol. The summed E-state index contributed by atoms with van der Waals surface area (Å²) >= 11 is 1.39. The lowest BCUT2D eigenvalue weighted by Crippen LogP contribution is -2.16. The van der Waals surface area contributed by atoms with Crippen LogP contribution in [0.15, 0.2) is 28.7 Å².